The van der Waals surface area contributed by atoms with E-state index in [1.165, 1.54) is 0 Å². The first-order chi connectivity index (χ1) is 8.60. The van der Waals surface area contributed by atoms with Crippen molar-refractivity contribution in [2.24, 2.45) is 5.92 Å². The molecule has 4 nitrogen and oxygen atoms in total. The van der Waals surface area contributed by atoms with E-state index in [0.717, 1.165) is 17.9 Å². The van der Waals surface area contributed by atoms with Gasteiger partial charge in [0.25, 0.3) is 0 Å². The van der Waals surface area contributed by atoms with Gasteiger partial charge < -0.3 is 15.0 Å². The maximum Gasteiger partial charge on any atom is 0.318 e. The number of nitrogens with zero attached hydrogens (tertiary/aromatic N) is 1. The minimum absolute atomic E-state index is 0.0320. The Bertz CT molecular complexity index is 414. The normalized spacial score (nSPS) is 19.2. The van der Waals surface area contributed by atoms with E-state index in [-0.39, 0.29) is 12.1 Å². The molecule has 0 aromatic heterocycles. The number of urea groups is 1. The summed E-state index contributed by atoms with van der Waals surface area (Å²) in [5.74, 6) is 1.31. The fourth-order valence-electron chi connectivity index (χ4n) is 2.08. The van der Waals surface area contributed by atoms with Crippen LogP contribution in [0.4, 0.5) is 4.79 Å². The predicted octanol–water partition coefficient (Wildman–Crippen LogP) is 2.25. The van der Waals surface area contributed by atoms with Crippen molar-refractivity contribution in [2.45, 2.75) is 26.4 Å². The third kappa shape index (κ3) is 2.75. The molecule has 1 aromatic rings. The van der Waals surface area contributed by atoms with Crippen LogP contribution in [0, 0.1) is 5.92 Å². The maximum atomic E-state index is 11.8. The van der Waals surface area contributed by atoms with Crippen LogP contribution in [0.5, 0.6) is 5.75 Å². The summed E-state index contributed by atoms with van der Waals surface area (Å²) < 4.78 is 5.12. The van der Waals surface area contributed by atoms with Gasteiger partial charge in [0.1, 0.15) is 5.75 Å². The molecule has 1 N–H and O–H groups in total. The van der Waals surface area contributed by atoms with Crippen LogP contribution >= 0.6 is 0 Å². The average Bonchev–Trinajstić information content (AvgIpc) is 2.72. The first kappa shape index (κ1) is 12.7. The van der Waals surface area contributed by atoms with E-state index in [1.807, 2.05) is 29.2 Å². The third-order valence-electron chi connectivity index (χ3n) is 3.35. The lowest BCUT2D eigenvalue weighted by Gasteiger charge is -2.16. The van der Waals surface area contributed by atoms with E-state index in [1.54, 1.807) is 7.11 Å². The fraction of sp³-hybridized carbons (Fsp3) is 0.500. The summed E-state index contributed by atoms with van der Waals surface area (Å²) >= 11 is 0. The van der Waals surface area contributed by atoms with Gasteiger partial charge in [-0.1, -0.05) is 26.0 Å². The number of amides is 2. The molecule has 1 aromatic carbocycles. The quantitative estimate of drug-likeness (QED) is 0.888. The number of rotatable bonds is 4. The van der Waals surface area contributed by atoms with Crippen LogP contribution in [-0.2, 0) is 6.54 Å². The van der Waals surface area contributed by atoms with E-state index < -0.39 is 0 Å². The summed E-state index contributed by atoms with van der Waals surface area (Å²) in [4.78, 5) is 13.7. The second-order valence-electron chi connectivity index (χ2n) is 5.03. The largest absolute Gasteiger partial charge is 0.497 e. The lowest BCUT2D eigenvalue weighted by Crippen LogP contribution is -2.31. The monoisotopic (exact) mass is 248 g/mol. The van der Waals surface area contributed by atoms with E-state index in [4.69, 9.17) is 4.74 Å². The van der Waals surface area contributed by atoms with Gasteiger partial charge in [0.05, 0.1) is 13.2 Å². The summed E-state index contributed by atoms with van der Waals surface area (Å²) in [5.41, 5.74) is 1.12. The molecule has 0 aliphatic carbocycles. The third-order valence-corrected chi connectivity index (χ3v) is 3.35. The van der Waals surface area contributed by atoms with Crippen molar-refractivity contribution in [3.8, 4) is 5.75 Å². The van der Waals surface area contributed by atoms with E-state index >= 15 is 0 Å². The Kier molecular flexibility index (Phi) is 3.75. The lowest BCUT2D eigenvalue weighted by atomic mass is 10.1. The molecule has 1 unspecified atom stereocenters. The minimum Gasteiger partial charge on any atom is -0.497 e. The van der Waals surface area contributed by atoms with Gasteiger partial charge in [0.15, 0.2) is 0 Å². The molecule has 1 saturated heterocycles. The summed E-state index contributed by atoms with van der Waals surface area (Å²) in [6, 6.07) is 8.12. The average molecular weight is 248 g/mol. The number of ether oxygens (including phenoxy) is 1. The molecule has 1 fully saturated rings. The van der Waals surface area contributed by atoms with Crippen molar-refractivity contribution in [3.05, 3.63) is 29.8 Å². The Morgan fingerprint density at radius 2 is 2.06 bits per heavy atom. The van der Waals surface area contributed by atoms with Crippen LogP contribution in [0.25, 0.3) is 0 Å². The fourth-order valence-corrected chi connectivity index (χ4v) is 2.08. The summed E-state index contributed by atoms with van der Waals surface area (Å²) in [5, 5.41) is 3.01. The van der Waals surface area contributed by atoms with Gasteiger partial charge in [0, 0.05) is 13.1 Å². The zero-order valence-electron chi connectivity index (χ0n) is 11.1. The highest BCUT2D eigenvalue weighted by atomic mass is 16.5. The highest BCUT2D eigenvalue weighted by molar-refractivity contribution is 5.76. The molecule has 98 valence electrons. The number of benzene rings is 1. The van der Waals surface area contributed by atoms with Gasteiger partial charge in [0.2, 0.25) is 0 Å². The Balaban J connectivity index is 1.98. The Morgan fingerprint density at radius 1 is 1.39 bits per heavy atom. The smallest absolute Gasteiger partial charge is 0.318 e. The Morgan fingerprint density at radius 3 is 2.56 bits per heavy atom. The van der Waals surface area contributed by atoms with E-state index in [2.05, 4.69) is 19.2 Å². The molecule has 2 amide bonds. The summed E-state index contributed by atoms with van der Waals surface area (Å²) in [7, 11) is 1.65. The van der Waals surface area contributed by atoms with Crippen molar-refractivity contribution >= 4 is 6.03 Å². The summed E-state index contributed by atoms with van der Waals surface area (Å²) in [6.45, 7) is 5.69. The number of carbonyl (C=O) groups excluding carboxylic acids is 1. The molecule has 1 aliphatic rings. The van der Waals surface area contributed by atoms with Crippen LogP contribution in [0.3, 0.4) is 0 Å². The van der Waals surface area contributed by atoms with Crippen LogP contribution in [0.15, 0.2) is 24.3 Å². The van der Waals surface area contributed by atoms with Gasteiger partial charge in [-0.15, -0.1) is 0 Å². The Labute approximate surface area is 108 Å². The van der Waals surface area contributed by atoms with Crippen molar-refractivity contribution in [1.29, 1.82) is 0 Å². The molecule has 1 atom stereocenters. The first-order valence-corrected chi connectivity index (χ1v) is 6.28. The first-order valence-electron chi connectivity index (χ1n) is 6.28. The standard InChI is InChI=1S/C14H20N2O2/c1-10(2)13-9-16(14(17)15-13)8-11-4-6-12(18-3)7-5-11/h4-7,10,13H,8-9H2,1-3H3,(H,15,17). The number of hydrogen-bond acceptors (Lipinski definition) is 2. The van der Waals surface area contributed by atoms with Crippen LogP contribution in [0.2, 0.25) is 0 Å². The van der Waals surface area contributed by atoms with Crippen molar-refractivity contribution < 1.29 is 9.53 Å². The molecule has 0 bridgehead atoms. The number of methoxy groups -OCH3 is 1. The summed E-state index contributed by atoms with van der Waals surface area (Å²) in [6.07, 6.45) is 0. The zero-order valence-corrected chi connectivity index (χ0v) is 11.1. The zero-order chi connectivity index (χ0) is 13.1. The number of carbonyl (C=O) groups is 1. The lowest BCUT2D eigenvalue weighted by molar-refractivity contribution is 0.215. The van der Waals surface area contributed by atoms with E-state index in [0.29, 0.717) is 12.5 Å². The van der Waals surface area contributed by atoms with Crippen LogP contribution in [-0.4, -0.2) is 30.6 Å². The highest BCUT2D eigenvalue weighted by Crippen LogP contribution is 2.17. The Hall–Kier alpha value is -1.71. The predicted molar refractivity (Wildman–Crippen MR) is 70.6 cm³/mol. The van der Waals surface area contributed by atoms with E-state index in [9.17, 15) is 4.79 Å². The van der Waals surface area contributed by atoms with Gasteiger partial charge >= 0.3 is 6.03 Å². The van der Waals surface area contributed by atoms with Gasteiger partial charge in [-0.25, -0.2) is 4.79 Å². The van der Waals surface area contributed by atoms with Gasteiger partial charge in [-0.2, -0.15) is 0 Å². The van der Waals surface area contributed by atoms with Crippen molar-refractivity contribution in [1.82, 2.24) is 10.2 Å². The molecule has 0 spiro atoms. The molecular formula is C14H20N2O2. The van der Waals surface area contributed by atoms with Crippen molar-refractivity contribution in [2.75, 3.05) is 13.7 Å². The number of nitrogens with one attached hydrogen (secondary N) is 1. The van der Waals surface area contributed by atoms with Crippen LogP contribution < -0.4 is 10.1 Å². The SMILES string of the molecule is COc1ccc(CN2CC(C(C)C)NC2=O)cc1. The molecule has 2 rings (SSSR count). The molecule has 4 heteroatoms. The topological polar surface area (TPSA) is 41.6 Å². The van der Waals surface area contributed by atoms with Gasteiger partial charge in [-0.3, -0.25) is 0 Å². The van der Waals surface area contributed by atoms with Gasteiger partial charge in [-0.05, 0) is 23.6 Å². The second kappa shape index (κ2) is 5.29. The molecule has 0 saturated carbocycles. The van der Waals surface area contributed by atoms with Crippen LogP contribution in [0.1, 0.15) is 19.4 Å². The molecular weight excluding hydrogens is 228 g/mol. The number of hydrogen-bond donors (Lipinski definition) is 1. The minimum atomic E-state index is 0.0320. The molecule has 1 aliphatic heterocycles. The maximum absolute atomic E-state index is 11.8. The molecule has 18 heavy (non-hydrogen) atoms. The molecule has 1 heterocycles. The second-order valence-corrected chi connectivity index (χ2v) is 5.03. The van der Waals surface area contributed by atoms with Crippen molar-refractivity contribution in [3.63, 3.8) is 0 Å². The molecule has 0 radical (unpaired) electrons. The highest BCUT2D eigenvalue weighted by Gasteiger charge is 2.30.